The molecule has 0 aromatic heterocycles. The maximum Gasteiger partial charge on any atom is 2.00 e. The van der Waals surface area contributed by atoms with Gasteiger partial charge in [0.2, 0.25) is 0 Å². The zero-order valence-corrected chi connectivity index (χ0v) is 30.9. The third kappa shape index (κ3) is 5.57. The summed E-state index contributed by atoms with van der Waals surface area (Å²) in [6.07, 6.45) is 14.4. The summed E-state index contributed by atoms with van der Waals surface area (Å²) in [5, 5.41) is 0. The van der Waals surface area contributed by atoms with E-state index in [4.69, 9.17) is 0 Å². The van der Waals surface area contributed by atoms with Crippen molar-refractivity contribution in [2.75, 3.05) is 0 Å². The first-order valence-corrected chi connectivity index (χ1v) is 15.6. The van der Waals surface area contributed by atoms with Gasteiger partial charge in [0.05, 0.1) is 0 Å². The van der Waals surface area contributed by atoms with Crippen molar-refractivity contribution in [3.05, 3.63) is 128 Å². The molecule has 0 atom stereocenters. The van der Waals surface area contributed by atoms with Gasteiger partial charge >= 0.3 is 26.2 Å². The zero-order valence-electron chi connectivity index (χ0n) is 26.9. The fraction of sp³-hybridized carbons (Fsp3) is 0.317. The van der Waals surface area contributed by atoms with E-state index in [1.165, 1.54) is 98.0 Å². The van der Waals surface area contributed by atoms with Crippen LogP contribution in [0, 0.1) is 41.5 Å². The largest absolute Gasteiger partial charge is 2.00 e. The second kappa shape index (κ2) is 13.3. The minimum Gasteiger partial charge on any atom is -1.00 e. The molecule has 224 valence electrons. The molecule has 3 aliphatic rings. The van der Waals surface area contributed by atoms with E-state index >= 15 is 0 Å². The molecule has 3 heteroatoms. The van der Waals surface area contributed by atoms with Crippen molar-refractivity contribution in [2.45, 2.75) is 85.5 Å². The predicted molar refractivity (Wildman–Crippen MR) is 176 cm³/mol. The Kier molecular flexibility index (Phi) is 10.5. The van der Waals surface area contributed by atoms with Crippen LogP contribution in [-0.4, -0.2) is 0 Å². The Balaban J connectivity index is 0.00000147. The number of benzene rings is 4. The van der Waals surface area contributed by atoms with Gasteiger partial charge in [-0.15, -0.1) is 0 Å². The molecule has 0 spiro atoms. The van der Waals surface area contributed by atoms with Crippen LogP contribution >= 0.6 is 0 Å². The van der Waals surface area contributed by atoms with E-state index in [0.717, 1.165) is 12.8 Å². The van der Waals surface area contributed by atoms with Crippen molar-refractivity contribution < 1.29 is 51.0 Å². The zero-order chi connectivity index (χ0) is 28.5. The summed E-state index contributed by atoms with van der Waals surface area (Å²) in [6.45, 7) is 13.6. The SMILES string of the molecule is Cc1cc(C)c(-c2ccc3c(c2)Cc2c-3ccc(-c3c(C)cc(C)cc3C)c2C2(C3=CC=CC3)CCCC2)c(C)c1.[Cl-].[Cl-].[Zr+2]. The van der Waals surface area contributed by atoms with Gasteiger partial charge in [0, 0.05) is 5.41 Å². The third-order valence-electron chi connectivity index (χ3n) is 10.3. The minimum absolute atomic E-state index is 0. The summed E-state index contributed by atoms with van der Waals surface area (Å²) >= 11 is 0. The van der Waals surface area contributed by atoms with Crippen LogP contribution in [0.2, 0.25) is 0 Å². The smallest absolute Gasteiger partial charge is 1.00 e. The van der Waals surface area contributed by atoms with Gasteiger partial charge in [-0.3, -0.25) is 0 Å². The summed E-state index contributed by atoms with van der Waals surface area (Å²) in [5.41, 5.74) is 23.3. The molecule has 4 aromatic carbocycles. The number of hydrogen-bond acceptors (Lipinski definition) is 0. The molecule has 1 saturated carbocycles. The average Bonchev–Trinajstić information content (AvgIpc) is 3.67. The first-order valence-electron chi connectivity index (χ1n) is 15.6. The van der Waals surface area contributed by atoms with Crippen molar-refractivity contribution >= 4 is 0 Å². The molecule has 0 aliphatic heterocycles. The number of aryl methyl sites for hydroxylation is 6. The molecule has 0 N–H and O–H groups in total. The summed E-state index contributed by atoms with van der Waals surface area (Å²) < 4.78 is 0. The van der Waals surface area contributed by atoms with Crippen LogP contribution in [-0.2, 0) is 38.0 Å². The first-order chi connectivity index (χ1) is 19.8. The van der Waals surface area contributed by atoms with Crippen LogP contribution in [0.15, 0.2) is 78.4 Å². The van der Waals surface area contributed by atoms with Gasteiger partial charge in [-0.2, -0.15) is 0 Å². The van der Waals surface area contributed by atoms with Crippen molar-refractivity contribution in [1.82, 2.24) is 0 Å². The van der Waals surface area contributed by atoms with Crippen LogP contribution in [0.25, 0.3) is 33.4 Å². The molecule has 7 rings (SSSR count). The number of rotatable bonds is 4. The molecule has 0 heterocycles. The maximum absolute atomic E-state index is 2.50. The average molecular weight is 697 g/mol. The van der Waals surface area contributed by atoms with Crippen molar-refractivity contribution in [3.63, 3.8) is 0 Å². The van der Waals surface area contributed by atoms with Crippen LogP contribution in [0.4, 0.5) is 0 Å². The Morgan fingerprint density at radius 1 is 0.614 bits per heavy atom. The quantitative estimate of drug-likeness (QED) is 0.244. The van der Waals surface area contributed by atoms with Gasteiger partial charge in [0.1, 0.15) is 0 Å². The van der Waals surface area contributed by atoms with Gasteiger partial charge in [0.15, 0.2) is 0 Å². The van der Waals surface area contributed by atoms with E-state index in [9.17, 15) is 0 Å². The van der Waals surface area contributed by atoms with E-state index in [0.29, 0.717) is 0 Å². The van der Waals surface area contributed by atoms with Crippen LogP contribution < -0.4 is 24.8 Å². The Hall–Kier alpha value is -2.18. The van der Waals surface area contributed by atoms with Gasteiger partial charge in [-0.1, -0.05) is 102 Å². The van der Waals surface area contributed by atoms with Crippen LogP contribution in [0.5, 0.6) is 0 Å². The van der Waals surface area contributed by atoms with Crippen molar-refractivity contribution in [3.8, 4) is 33.4 Å². The van der Waals surface area contributed by atoms with Crippen molar-refractivity contribution in [2.24, 2.45) is 0 Å². The predicted octanol–water partition coefficient (Wildman–Crippen LogP) is 5.15. The normalized spacial score (nSPS) is 15.5. The molecular weight excluding hydrogens is 655 g/mol. The molecule has 0 unspecified atom stereocenters. The fourth-order valence-electron chi connectivity index (χ4n) is 8.94. The topological polar surface area (TPSA) is 0 Å². The standard InChI is InChI=1S/C41H42.2ClH.Zr/c1-25-19-27(3)38(28(4)20-25)31-13-14-34-32(23-31)24-37-35(34)15-16-36(39-29(5)21-26(2)22-30(39)6)40(37)41(17-9-10-18-41)33-11-7-8-12-33;;;/h7-8,11,13-16,19-23H,9-10,12,17-18,24H2,1-6H3;2*1H;/q;;;+2/p-2. The van der Waals surface area contributed by atoms with E-state index in [1.807, 2.05) is 0 Å². The Morgan fingerprint density at radius 3 is 1.73 bits per heavy atom. The Bertz CT molecular complexity index is 1750. The molecular formula is C41H42Cl2Zr. The van der Waals surface area contributed by atoms with E-state index < -0.39 is 0 Å². The summed E-state index contributed by atoms with van der Waals surface area (Å²) in [4.78, 5) is 0. The molecule has 44 heavy (non-hydrogen) atoms. The number of hydrogen-bond donors (Lipinski definition) is 0. The third-order valence-corrected chi connectivity index (χ3v) is 10.3. The Morgan fingerprint density at radius 2 is 1.16 bits per heavy atom. The van der Waals surface area contributed by atoms with Crippen molar-refractivity contribution in [1.29, 1.82) is 0 Å². The van der Waals surface area contributed by atoms with Crippen LogP contribution in [0.1, 0.15) is 82.2 Å². The van der Waals surface area contributed by atoms with Gasteiger partial charge in [-0.25, -0.2) is 0 Å². The monoisotopic (exact) mass is 694 g/mol. The number of allylic oxidation sites excluding steroid dienone is 4. The number of halogens is 2. The Labute approximate surface area is 296 Å². The fourth-order valence-corrected chi connectivity index (χ4v) is 8.94. The second-order valence-corrected chi connectivity index (χ2v) is 13.2. The maximum atomic E-state index is 2.50. The second-order valence-electron chi connectivity index (χ2n) is 13.2. The molecule has 0 radical (unpaired) electrons. The van der Waals surface area contributed by atoms with E-state index in [-0.39, 0.29) is 56.4 Å². The summed E-state index contributed by atoms with van der Waals surface area (Å²) in [6, 6.07) is 21.6. The summed E-state index contributed by atoms with van der Waals surface area (Å²) in [5.74, 6) is 0. The molecule has 4 aromatic rings. The first kappa shape index (κ1) is 34.7. The molecule has 1 fully saturated rings. The number of fused-ring (bicyclic) bond motifs is 3. The minimum atomic E-state index is 0. The molecule has 0 bridgehead atoms. The molecule has 3 aliphatic carbocycles. The molecule has 0 saturated heterocycles. The molecule has 0 amide bonds. The summed E-state index contributed by atoms with van der Waals surface area (Å²) in [7, 11) is 0. The molecule has 0 nitrogen and oxygen atoms in total. The van der Waals surface area contributed by atoms with E-state index in [2.05, 4.69) is 114 Å². The van der Waals surface area contributed by atoms with Gasteiger partial charge in [-0.05, 0) is 140 Å². The van der Waals surface area contributed by atoms with Gasteiger partial charge < -0.3 is 24.8 Å². The van der Waals surface area contributed by atoms with E-state index in [1.54, 1.807) is 16.7 Å². The van der Waals surface area contributed by atoms with Crippen LogP contribution in [0.3, 0.4) is 0 Å². The van der Waals surface area contributed by atoms with Gasteiger partial charge in [0.25, 0.3) is 0 Å².